The molecule has 1 radical (unpaired) electrons. The van der Waals surface area contributed by atoms with Gasteiger partial charge in [-0.25, -0.2) is 0 Å². The predicted octanol–water partition coefficient (Wildman–Crippen LogP) is 2.38. The summed E-state index contributed by atoms with van der Waals surface area (Å²) in [5, 5.41) is 1.28. The maximum Gasteiger partial charge on any atom is 0.424 e. The van der Waals surface area contributed by atoms with E-state index in [-0.39, 0.29) is 0 Å². The zero-order valence-corrected chi connectivity index (χ0v) is 11.9. The summed E-state index contributed by atoms with van der Waals surface area (Å²) in [6, 6.07) is 4.40. The quantitative estimate of drug-likeness (QED) is 0.732. The highest BCUT2D eigenvalue weighted by Crippen LogP contribution is 2.08. The molecule has 16 heavy (non-hydrogen) atoms. The van der Waals surface area contributed by atoms with Gasteiger partial charge in [-0.1, -0.05) is 17.7 Å². The summed E-state index contributed by atoms with van der Waals surface area (Å²) in [5.41, 5.74) is 3.87. The minimum Gasteiger partial charge on any atom is -0.390 e. The van der Waals surface area contributed by atoms with E-state index in [1.54, 1.807) is 0 Å². The van der Waals surface area contributed by atoms with Crippen LogP contribution in [0.1, 0.15) is 30.5 Å². The fraction of sp³-hybridized carbons (Fsp3) is 0.538. The van der Waals surface area contributed by atoms with Crippen LogP contribution in [-0.2, 0) is 8.85 Å². The number of hydrogen-bond acceptors (Lipinski definition) is 2. The van der Waals surface area contributed by atoms with Gasteiger partial charge in [0.15, 0.2) is 0 Å². The third-order valence-electron chi connectivity index (χ3n) is 2.43. The van der Waals surface area contributed by atoms with E-state index in [0.717, 1.165) is 0 Å². The van der Waals surface area contributed by atoms with Crippen LogP contribution in [0.2, 0.25) is 0 Å². The fourth-order valence-electron chi connectivity index (χ4n) is 1.95. The van der Waals surface area contributed by atoms with Gasteiger partial charge in [0.05, 0.1) is 0 Å². The highest BCUT2D eigenvalue weighted by atomic mass is 28.3. The molecule has 0 aliphatic rings. The largest absolute Gasteiger partial charge is 0.424 e. The van der Waals surface area contributed by atoms with E-state index in [2.05, 4.69) is 32.9 Å². The van der Waals surface area contributed by atoms with Crippen LogP contribution in [0.5, 0.6) is 0 Å². The van der Waals surface area contributed by atoms with Gasteiger partial charge >= 0.3 is 9.28 Å². The summed E-state index contributed by atoms with van der Waals surface area (Å²) in [6.07, 6.45) is 0. The third kappa shape index (κ3) is 3.17. The summed E-state index contributed by atoms with van der Waals surface area (Å²) >= 11 is 0. The van der Waals surface area contributed by atoms with Crippen molar-refractivity contribution in [2.45, 2.75) is 34.6 Å². The molecule has 1 aromatic carbocycles. The van der Waals surface area contributed by atoms with E-state index >= 15 is 0 Å². The van der Waals surface area contributed by atoms with Gasteiger partial charge in [-0.05, 0) is 45.7 Å². The molecule has 0 fully saturated rings. The lowest BCUT2D eigenvalue weighted by Crippen LogP contribution is -2.40. The van der Waals surface area contributed by atoms with Gasteiger partial charge in [0.1, 0.15) is 0 Å². The van der Waals surface area contributed by atoms with Crippen LogP contribution in [0.4, 0.5) is 0 Å². The molecule has 0 saturated heterocycles. The van der Waals surface area contributed by atoms with Gasteiger partial charge in [-0.15, -0.1) is 0 Å². The van der Waals surface area contributed by atoms with E-state index in [1.165, 1.54) is 21.9 Å². The van der Waals surface area contributed by atoms with Gasteiger partial charge in [0.25, 0.3) is 0 Å². The van der Waals surface area contributed by atoms with Crippen LogP contribution in [0, 0.1) is 20.8 Å². The van der Waals surface area contributed by atoms with Crippen molar-refractivity contribution in [3.05, 3.63) is 28.8 Å². The van der Waals surface area contributed by atoms with Crippen molar-refractivity contribution in [2.75, 3.05) is 13.2 Å². The number of hydrogen-bond donors (Lipinski definition) is 0. The molecule has 2 nitrogen and oxygen atoms in total. The summed E-state index contributed by atoms with van der Waals surface area (Å²) in [7, 11) is -1.30. The van der Waals surface area contributed by atoms with Gasteiger partial charge in [0, 0.05) is 18.4 Å². The van der Waals surface area contributed by atoms with E-state index in [0.29, 0.717) is 13.2 Å². The lowest BCUT2D eigenvalue weighted by Gasteiger charge is -2.18. The van der Waals surface area contributed by atoms with Crippen molar-refractivity contribution in [1.29, 1.82) is 0 Å². The Morgan fingerprint density at radius 2 is 1.38 bits per heavy atom. The normalized spacial score (nSPS) is 11.1. The Morgan fingerprint density at radius 3 is 1.75 bits per heavy atom. The predicted molar refractivity (Wildman–Crippen MR) is 69.3 cm³/mol. The van der Waals surface area contributed by atoms with E-state index in [4.69, 9.17) is 8.85 Å². The van der Waals surface area contributed by atoms with E-state index in [9.17, 15) is 0 Å². The molecule has 0 saturated carbocycles. The number of rotatable bonds is 5. The van der Waals surface area contributed by atoms with E-state index < -0.39 is 9.28 Å². The van der Waals surface area contributed by atoms with Crippen LogP contribution in [-0.4, -0.2) is 22.5 Å². The van der Waals surface area contributed by atoms with Crippen LogP contribution < -0.4 is 5.19 Å². The average Bonchev–Trinajstić information content (AvgIpc) is 2.16. The second kappa shape index (κ2) is 6.18. The zero-order valence-electron chi connectivity index (χ0n) is 10.9. The molecule has 0 aromatic heterocycles. The molecule has 89 valence electrons. The van der Waals surface area contributed by atoms with Crippen molar-refractivity contribution >= 4 is 14.5 Å². The fourth-order valence-corrected chi connectivity index (χ4v) is 3.63. The molecule has 0 N–H and O–H groups in total. The SMILES string of the molecule is CCO[Si](OCC)c1c(C)cc(C)cc1C. The molecule has 1 aromatic rings. The van der Waals surface area contributed by atoms with Crippen molar-refractivity contribution in [3.8, 4) is 0 Å². The van der Waals surface area contributed by atoms with Crippen LogP contribution in [0.25, 0.3) is 0 Å². The molecule has 0 heterocycles. The molecule has 0 aliphatic carbocycles. The average molecular weight is 237 g/mol. The van der Waals surface area contributed by atoms with Crippen molar-refractivity contribution in [2.24, 2.45) is 0 Å². The maximum absolute atomic E-state index is 5.75. The molecule has 0 spiro atoms. The summed E-state index contributed by atoms with van der Waals surface area (Å²) in [4.78, 5) is 0. The highest BCUT2D eigenvalue weighted by molar-refractivity contribution is 6.62. The molecule has 0 atom stereocenters. The van der Waals surface area contributed by atoms with Gasteiger partial charge in [0.2, 0.25) is 0 Å². The molecular weight excluding hydrogens is 216 g/mol. The molecular formula is C13H21O2Si. The lowest BCUT2D eigenvalue weighted by molar-refractivity contribution is 0.225. The van der Waals surface area contributed by atoms with Crippen molar-refractivity contribution in [3.63, 3.8) is 0 Å². The van der Waals surface area contributed by atoms with Gasteiger partial charge in [-0.2, -0.15) is 0 Å². The molecule has 0 amide bonds. The van der Waals surface area contributed by atoms with E-state index in [1.807, 2.05) is 13.8 Å². The molecule has 3 heteroatoms. The Balaban J connectivity index is 3.07. The molecule has 0 aliphatic heterocycles. The first-order chi connectivity index (χ1) is 7.60. The molecule has 0 bridgehead atoms. The van der Waals surface area contributed by atoms with Crippen LogP contribution >= 0.6 is 0 Å². The zero-order chi connectivity index (χ0) is 12.1. The second-order valence-corrected chi connectivity index (χ2v) is 5.58. The van der Waals surface area contributed by atoms with Crippen molar-refractivity contribution in [1.82, 2.24) is 0 Å². The van der Waals surface area contributed by atoms with Crippen molar-refractivity contribution < 1.29 is 8.85 Å². The Kier molecular flexibility index (Phi) is 5.18. The first-order valence-corrected chi connectivity index (χ1v) is 7.12. The molecule has 0 unspecified atom stereocenters. The number of aryl methyl sites for hydroxylation is 3. The van der Waals surface area contributed by atoms with Crippen LogP contribution in [0.15, 0.2) is 12.1 Å². The standard InChI is InChI=1S/C13H21O2Si/c1-6-14-16(15-7-2)13-11(4)8-10(3)9-12(13)5/h8-9H,6-7H2,1-5H3. The summed E-state index contributed by atoms with van der Waals surface area (Å²) < 4.78 is 11.5. The smallest absolute Gasteiger partial charge is 0.390 e. The first-order valence-electron chi connectivity index (χ1n) is 5.80. The summed E-state index contributed by atoms with van der Waals surface area (Å²) in [6.45, 7) is 11.8. The maximum atomic E-state index is 5.75. The Bertz CT molecular complexity index is 321. The molecule has 1 rings (SSSR count). The highest BCUT2D eigenvalue weighted by Gasteiger charge is 2.22. The Morgan fingerprint density at radius 1 is 0.938 bits per heavy atom. The topological polar surface area (TPSA) is 18.5 Å². The Hall–Kier alpha value is -0.643. The summed E-state index contributed by atoms with van der Waals surface area (Å²) in [5.74, 6) is 0. The minimum atomic E-state index is -1.30. The number of benzene rings is 1. The lowest BCUT2D eigenvalue weighted by atomic mass is 10.1. The first kappa shape index (κ1) is 13.4. The van der Waals surface area contributed by atoms with Gasteiger partial charge in [-0.3, -0.25) is 0 Å². The second-order valence-electron chi connectivity index (χ2n) is 3.93. The monoisotopic (exact) mass is 237 g/mol. The van der Waals surface area contributed by atoms with Gasteiger partial charge < -0.3 is 8.85 Å². The Labute approximate surface area is 100 Å². The third-order valence-corrected chi connectivity index (χ3v) is 4.73. The van der Waals surface area contributed by atoms with Crippen LogP contribution in [0.3, 0.4) is 0 Å². The minimum absolute atomic E-state index is 0.709.